The third kappa shape index (κ3) is 3.58. The average Bonchev–Trinajstić information content (AvgIpc) is 3.42. The summed E-state index contributed by atoms with van der Waals surface area (Å²) < 4.78 is 19.8. The highest BCUT2D eigenvalue weighted by atomic mass is 35.5. The predicted molar refractivity (Wildman–Crippen MR) is 160 cm³/mol. The molecular weight excluding hydrogens is 576 g/mol. The molecule has 1 spiro atoms. The quantitative estimate of drug-likeness (QED) is 0.180. The Morgan fingerprint density at radius 2 is 1.64 bits per heavy atom. The zero-order chi connectivity index (χ0) is 29.3. The molecule has 208 valence electrons. The van der Waals surface area contributed by atoms with Crippen molar-refractivity contribution >= 4 is 52.3 Å². The number of ether oxygens (including phenoxy) is 1. The van der Waals surface area contributed by atoms with E-state index in [1.54, 1.807) is 89.8 Å². The van der Waals surface area contributed by atoms with E-state index in [2.05, 4.69) is 0 Å². The molecule has 0 unspecified atom stereocenters. The number of hydrogen-bond donors (Lipinski definition) is 0. The van der Waals surface area contributed by atoms with Crippen LogP contribution in [0.4, 0.5) is 10.1 Å². The Hall–Kier alpha value is -4.26. The Kier molecular flexibility index (Phi) is 6.12. The van der Waals surface area contributed by atoms with Crippen LogP contribution in [0.3, 0.4) is 0 Å². The summed E-state index contributed by atoms with van der Waals surface area (Å²) in [4.78, 5) is 45.9. The highest BCUT2D eigenvalue weighted by molar-refractivity contribution is 6.36. The third-order valence-electron chi connectivity index (χ3n) is 8.69. The minimum atomic E-state index is -1.73. The molecule has 0 radical (unpaired) electrons. The molecule has 2 aliphatic heterocycles. The number of ketones is 3. The van der Waals surface area contributed by atoms with Gasteiger partial charge in [-0.1, -0.05) is 77.8 Å². The SMILES string of the molecule is COc1cccc(C(=O)[C@H]2[C@H](c3ccc(Cl)cc3Cl)C3(C(=O)c4ccccc4C3=O)[C@H]3C=Cc4cc(F)ccc4N23)c1. The van der Waals surface area contributed by atoms with Crippen LogP contribution in [-0.4, -0.2) is 36.5 Å². The van der Waals surface area contributed by atoms with Gasteiger partial charge in [0.25, 0.3) is 0 Å². The van der Waals surface area contributed by atoms with E-state index in [0.717, 1.165) is 0 Å². The molecule has 1 saturated heterocycles. The molecule has 0 amide bonds. The number of nitrogens with zero attached hydrogens (tertiary/aromatic N) is 1. The minimum Gasteiger partial charge on any atom is -0.497 e. The second-order valence-corrected chi connectivity index (χ2v) is 11.5. The van der Waals surface area contributed by atoms with E-state index in [1.165, 1.54) is 19.2 Å². The first kappa shape index (κ1) is 26.6. The van der Waals surface area contributed by atoms with E-state index in [-0.39, 0.29) is 22.4 Å². The van der Waals surface area contributed by atoms with Gasteiger partial charge in [0, 0.05) is 43.9 Å². The van der Waals surface area contributed by atoms with Crippen LogP contribution in [0.5, 0.6) is 5.75 Å². The van der Waals surface area contributed by atoms with Crippen LogP contribution < -0.4 is 9.64 Å². The molecule has 0 N–H and O–H groups in total. The summed E-state index contributed by atoms with van der Waals surface area (Å²) in [6.07, 6.45) is 3.45. The zero-order valence-electron chi connectivity index (χ0n) is 22.2. The van der Waals surface area contributed by atoms with E-state index in [9.17, 15) is 18.8 Å². The smallest absolute Gasteiger partial charge is 0.186 e. The molecule has 7 rings (SSSR count). The minimum absolute atomic E-state index is 0.232. The molecule has 42 heavy (non-hydrogen) atoms. The van der Waals surface area contributed by atoms with Gasteiger partial charge in [-0.25, -0.2) is 4.39 Å². The van der Waals surface area contributed by atoms with E-state index >= 15 is 0 Å². The lowest BCUT2D eigenvalue weighted by Gasteiger charge is -2.37. The molecule has 0 aromatic heterocycles. The van der Waals surface area contributed by atoms with Gasteiger partial charge in [0.15, 0.2) is 17.3 Å². The molecule has 8 heteroatoms. The van der Waals surface area contributed by atoms with Crippen molar-refractivity contribution in [2.75, 3.05) is 12.0 Å². The molecule has 5 nitrogen and oxygen atoms in total. The lowest BCUT2D eigenvalue weighted by Crippen LogP contribution is -2.48. The molecular formula is C34H22Cl2FNO4. The Balaban J connectivity index is 1.56. The van der Waals surface area contributed by atoms with Crippen molar-refractivity contribution in [2.24, 2.45) is 5.41 Å². The molecule has 1 aliphatic carbocycles. The van der Waals surface area contributed by atoms with Crippen molar-refractivity contribution < 1.29 is 23.5 Å². The molecule has 0 bridgehead atoms. The number of Topliss-reactive ketones (excluding diaryl/α,β-unsaturated/α-hetero) is 3. The first-order valence-electron chi connectivity index (χ1n) is 13.3. The van der Waals surface area contributed by atoms with Crippen LogP contribution in [0.2, 0.25) is 10.0 Å². The van der Waals surface area contributed by atoms with Gasteiger partial charge in [0.2, 0.25) is 0 Å². The maximum absolute atomic E-state index is 14.7. The van der Waals surface area contributed by atoms with Gasteiger partial charge in [-0.05, 0) is 48.0 Å². The first-order valence-corrected chi connectivity index (χ1v) is 14.1. The molecule has 2 heterocycles. The van der Waals surface area contributed by atoms with E-state index in [1.807, 2.05) is 0 Å². The molecule has 4 aromatic carbocycles. The van der Waals surface area contributed by atoms with Crippen molar-refractivity contribution in [3.63, 3.8) is 0 Å². The number of anilines is 1. The number of rotatable bonds is 4. The topological polar surface area (TPSA) is 63.7 Å². The fourth-order valence-corrected chi connectivity index (χ4v) is 7.52. The van der Waals surface area contributed by atoms with Crippen molar-refractivity contribution in [3.8, 4) is 5.75 Å². The van der Waals surface area contributed by atoms with Crippen molar-refractivity contribution in [1.29, 1.82) is 0 Å². The van der Waals surface area contributed by atoms with Crippen LogP contribution in [0.1, 0.15) is 48.1 Å². The lowest BCUT2D eigenvalue weighted by atomic mass is 9.64. The third-order valence-corrected chi connectivity index (χ3v) is 9.25. The number of carbonyl (C=O) groups is 3. The Labute approximate surface area is 251 Å². The van der Waals surface area contributed by atoms with Gasteiger partial charge < -0.3 is 9.64 Å². The zero-order valence-corrected chi connectivity index (χ0v) is 23.7. The van der Waals surface area contributed by atoms with Crippen LogP contribution in [0.15, 0.2) is 91.0 Å². The Morgan fingerprint density at radius 3 is 2.33 bits per heavy atom. The normalized spacial score (nSPS) is 21.3. The van der Waals surface area contributed by atoms with Gasteiger partial charge in [-0.3, -0.25) is 14.4 Å². The van der Waals surface area contributed by atoms with Gasteiger partial charge in [-0.15, -0.1) is 0 Å². The van der Waals surface area contributed by atoms with E-state index in [4.69, 9.17) is 27.9 Å². The second-order valence-electron chi connectivity index (χ2n) is 10.7. The van der Waals surface area contributed by atoms with E-state index in [0.29, 0.717) is 44.3 Å². The standard InChI is InChI=1S/C34H22Cl2FNO4/c1-42-22-6-4-5-19(16-22)31(39)30-29(25-12-10-20(35)17-26(25)36)34(32(40)23-7-2-3-8-24(23)33(34)41)28-14-9-18-15-21(37)11-13-27(18)38(28)30/h2-17,28-30H,1H3/t28-,29+,30-/m1/s1. The highest BCUT2D eigenvalue weighted by Crippen LogP contribution is 2.61. The van der Waals surface area contributed by atoms with E-state index < -0.39 is 29.2 Å². The number of fused-ring (bicyclic) bond motifs is 5. The van der Waals surface area contributed by atoms with Crippen molar-refractivity contribution in [1.82, 2.24) is 0 Å². The number of benzene rings is 4. The molecule has 0 saturated carbocycles. The maximum atomic E-state index is 14.7. The summed E-state index contributed by atoms with van der Waals surface area (Å²) in [6.45, 7) is 0. The molecule has 1 fully saturated rings. The summed E-state index contributed by atoms with van der Waals surface area (Å²) in [5.41, 5.74) is 0.706. The largest absolute Gasteiger partial charge is 0.497 e. The maximum Gasteiger partial charge on any atom is 0.186 e. The van der Waals surface area contributed by atoms with Crippen LogP contribution in [-0.2, 0) is 0 Å². The number of carbonyl (C=O) groups excluding carboxylic acids is 3. The average molecular weight is 598 g/mol. The van der Waals surface area contributed by atoms with Gasteiger partial charge in [0.05, 0.1) is 13.2 Å². The monoisotopic (exact) mass is 597 g/mol. The van der Waals surface area contributed by atoms with Crippen LogP contribution in [0, 0.1) is 11.2 Å². The summed E-state index contributed by atoms with van der Waals surface area (Å²) in [7, 11) is 1.51. The second kappa shape index (κ2) is 9.65. The molecule has 4 aromatic rings. The number of hydrogen-bond acceptors (Lipinski definition) is 5. The predicted octanol–water partition coefficient (Wildman–Crippen LogP) is 7.46. The Morgan fingerprint density at radius 1 is 0.905 bits per heavy atom. The number of methoxy groups -OCH3 is 1. The Bertz CT molecular complexity index is 1830. The summed E-state index contributed by atoms with van der Waals surface area (Å²) in [5.74, 6) is -2.09. The number of halogens is 3. The highest BCUT2D eigenvalue weighted by Gasteiger charge is 2.71. The fraction of sp³-hybridized carbons (Fsp3) is 0.147. The summed E-state index contributed by atoms with van der Waals surface area (Å²) >= 11 is 13.1. The summed E-state index contributed by atoms with van der Waals surface area (Å²) in [5, 5.41) is 0.604. The van der Waals surface area contributed by atoms with Gasteiger partial charge >= 0.3 is 0 Å². The van der Waals surface area contributed by atoms with Crippen LogP contribution in [0.25, 0.3) is 6.08 Å². The fourth-order valence-electron chi connectivity index (χ4n) is 6.99. The van der Waals surface area contributed by atoms with Crippen molar-refractivity contribution in [2.45, 2.75) is 18.0 Å². The first-order chi connectivity index (χ1) is 20.3. The molecule has 3 atom stereocenters. The van der Waals surface area contributed by atoms with Gasteiger partial charge in [0.1, 0.15) is 23.0 Å². The molecule has 3 aliphatic rings. The van der Waals surface area contributed by atoms with Crippen molar-refractivity contribution in [3.05, 3.63) is 135 Å². The van der Waals surface area contributed by atoms with Gasteiger partial charge in [-0.2, -0.15) is 0 Å². The van der Waals surface area contributed by atoms with Crippen LogP contribution >= 0.6 is 23.2 Å². The lowest BCUT2D eigenvalue weighted by molar-refractivity contribution is 0.0666. The summed E-state index contributed by atoms with van der Waals surface area (Å²) in [6, 6.07) is 20.6.